The summed E-state index contributed by atoms with van der Waals surface area (Å²) in [5, 5.41) is 1.37. The minimum atomic E-state index is 0.396. The first-order valence-electron chi connectivity index (χ1n) is 2.95. The van der Waals surface area contributed by atoms with E-state index >= 15 is 0 Å². The number of methoxy groups -OCH3 is 1. The van der Waals surface area contributed by atoms with Crippen LogP contribution in [-0.2, 0) is 0 Å². The van der Waals surface area contributed by atoms with Crippen LogP contribution in [0.1, 0.15) is 0 Å². The monoisotopic (exact) mass is 336 g/mol. The van der Waals surface area contributed by atoms with E-state index in [9.17, 15) is 0 Å². The molecule has 0 saturated heterocycles. The number of rotatable bonds is 1. The van der Waals surface area contributed by atoms with Gasteiger partial charge in [0.05, 0.1) is 20.7 Å². The summed E-state index contributed by atoms with van der Waals surface area (Å²) in [6.07, 6.45) is 0. The maximum absolute atomic E-state index is 5.86. The minimum absolute atomic E-state index is 0.396. The van der Waals surface area contributed by atoms with Gasteiger partial charge in [-0.1, -0.05) is 34.8 Å². The lowest BCUT2D eigenvalue weighted by atomic mass is 10.3. The quantitative estimate of drug-likeness (QED) is 0.423. The van der Waals surface area contributed by atoms with Crippen molar-refractivity contribution in [3.8, 4) is 5.75 Å². The van der Waals surface area contributed by atoms with Gasteiger partial charge in [-0.3, -0.25) is 0 Å². The van der Waals surface area contributed by atoms with E-state index < -0.39 is 0 Å². The van der Waals surface area contributed by atoms with Gasteiger partial charge in [0.2, 0.25) is 0 Å². The number of benzene rings is 1. The SMILES string of the molecule is COc1cc(Cl)c(I)c(Cl)c1Cl. The number of ether oxygens (including phenoxy) is 1. The van der Waals surface area contributed by atoms with Gasteiger partial charge in [0.25, 0.3) is 0 Å². The van der Waals surface area contributed by atoms with Crippen LogP contribution >= 0.6 is 57.4 Å². The van der Waals surface area contributed by atoms with Crippen molar-refractivity contribution in [2.45, 2.75) is 0 Å². The van der Waals surface area contributed by atoms with Crippen LogP contribution in [0, 0.1) is 3.57 Å². The molecule has 0 spiro atoms. The number of hydrogen-bond acceptors (Lipinski definition) is 1. The highest BCUT2D eigenvalue weighted by molar-refractivity contribution is 14.1. The largest absolute Gasteiger partial charge is 0.495 e. The van der Waals surface area contributed by atoms with Gasteiger partial charge in [-0.05, 0) is 22.6 Å². The van der Waals surface area contributed by atoms with Crippen LogP contribution < -0.4 is 4.74 Å². The predicted molar refractivity (Wildman–Crippen MR) is 60.7 cm³/mol. The van der Waals surface area contributed by atoms with E-state index in [2.05, 4.69) is 0 Å². The summed E-state index contributed by atoms with van der Waals surface area (Å²) in [7, 11) is 1.51. The molecule has 66 valence electrons. The molecule has 0 aromatic heterocycles. The Morgan fingerprint density at radius 2 is 1.83 bits per heavy atom. The van der Waals surface area contributed by atoms with Crippen molar-refractivity contribution in [2.24, 2.45) is 0 Å². The lowest BCUT2D eigenvalue weighted by molar-refractivity contribution is 0.415. The molecule has 0 bridgehead atoms. The minimum Gasteiger partial charge on any atom is -0.495 e. The lowest BCUT2D eigenvalue weighted by Crippen LogP contribution is -1.87. The van der Waals surface area contributed by atoms with Crippen molar-refractivity contribution < 1.29 is 4.74 Å². The smallest absolute Gasteiger partial charge is 0.140 e. The third-order valence-corrected chi connectivity index (χ3v) is 4.20. The molecule has 0 atom stereocenters. The van der Waals surface area contributed by atoms with Gasteiger partial charge in [-0.2, -0.15) is 0 Å². The average molecular weight is 337 g/mol. The van der Waals surface area contributed by atoms with E-state index in [-0.39, 0.29) is 0 Å². The van der Waals surface area contributed by atoms with Gasteiger partial charge in [-0.15, -0.1) is 0 Å². The Morgan fingerprint density at radius 3 is 2.33 bits per heavy atom. The second-order valence-corrected chi connectivity index (χ2v) is 4.24. The molecule has 0 aliphatic carbocycles. The number of halogens is 4. The Balaban J connectivity index is 3.39. The van der Waals surface area contributed by atoms with Crippen molar-refractivity contribution >= 4 is 57.4 Å². The Morgan fingerprint density at radius 1 is 1.25 bits per heavy atom. The lowest BCUT2D eigenvalue weighted by Gasteiger charge is -2.07. The van der Waals surface area contributed by atoms with Crippen molar-refractivity contribution in [2.75, 3.05) is 7.11 Å². The molecule has 1 nitrogen and oxygen atoms in total. The van der Waals surface area contributed by atoms with E-state index in [1.165, 1.54) is 7.11 Å². The zero-order valence-corrected chi connectivity index (χ0v) is 10.4. The van der Waals surface area contributed by atoms with Crippen molar-refractivity contribution in [1.82, 2.24) is 0 Å². The predicted octanol–water partition coefficient (Wildman–Crippen LogP) is 4.26. The first kappa shape index (κ1) is 10.7. The molecule has 0 unspecified atom stereocenters. The standard InChI is InChI=1S/C7H4Cl3IO/c1-12-4-2-3(8)7(11)6(10)5(4)9/h2H,1H3. The van der Waals surface area contributed by atoms with Gasteiger partial charge < -0.3 is 4.74 Å². The van der Waals surface area contributed by atoms with Crippen LogP contribution in [0.15, 0.2) is 6.07 Å². The first-order valence-corrected chi connectivity index (χ1v) is 5.16. The van der Waals surface area contributed by atoms with Crippen molar-refractivity contribution in [3.05, 3.63) is 24.7 Å². The van der Waals surface area contributed by atoms with Gasteiger partial charge >= 0.3 is 0 Å². The molecule has 1 rings (SSSR count). The van der Waals surface area contributed by atoms with Crippen molar-refractivity contribution in [3.63, 3.8) is 0 Å². The average Bonchev–Trinajstić information content (AvgIpc) is 2.08. The van der Waals surface area contributed by atoms with Crippen LogP contribution in [0.3, 0.4) is 0 Å². The molecule has 1 aromatic carbocycles. The van der Waals surface area contributed by atoms with E-state index in [1.54, 1.807) is 6.07 Å². The molecule has 0 saturated carbocycles. The fraction of sp³-hybridized carbons (Fsp3) is 0.143. The summed E-state index contributed by atoms with van der Waals surface area (Å²) >= 11 is 19.6. The summed E-state index contributed by atoms with van der Waals surface area (Å²) < 4.78 is 5.70. The Kier molecular flexibility index (Phi) is 3.76. The second kappa shape index (κ2) is 4.22. The van der Waals surface area contributed by atoms with Gasteiger partial charge in [0.15, 0.2) is 0 Å². The second-order valence-electron chi connectivity index (χ2n) is 2.00. The summed E-state index contributed by atoms with van der Waals surface area (Å²) in [5.74, 6) is 0.493. The fourth-order valence-corrected chi connectivity index (χ4v) is 1.95. The normalized spacial score (nSPS) is 10.1. The summed E-state index contributed by atoms with van der Waals surface area (Å²) in [6.45, 7) is 0. The molecule has 0 aliphatic rings. The van der Waals surface area contributed by atoms with Crippen LogP contribution in [0.25, 0.3) is 0 Å². The molecule has 0 aliphatic heterocycles. The molecule has 0 amide bonds. The zero-order valence-electron chi connectivity index (χ0n) is 6.00. The molecule has 0 fully saturated rings. The summed E-state index contributed by atoms with van der Waals surface area (Å²) in [6, 6.07) is 1.64. The molecule has 1 aromatic rings. The van der Waals surface area contributed by atoms with Gasteiger partial charge in [0.1, 0.15) is 10.8 Å². The molecule has 12 heavy (non-hydrogen) atoms. The molecular weight excluding hydrogens is 333 g/mol. The summed E-state index contributed by atoms with van der Waals surface area (Å²) in [4.78, 5) is 0. The van der Waals surface area contributed by atoms with E-state index in [0.29, 0.717) is 20.8 Å². The van der Waals surface area contributed by atoms with E-state index in [0.717, 1.165) is 3.57 Å². The van der Waals surface area contributed by atoms with E-state index in [1.807, 2.05) is 22.6 Å². The Labute approximate surface area is 99.1 Å². The summed E-state index contributed by atoms with van der Waals surface area (Å²) in [5.41, 5.74) is 0. The zero-order chi connectivity index (χ0) is 9.30. The van der Waals surface area contributed by atoms with Crippen LogP contribution in [-0.4, -0.2) is 7.11 Å². The molecule has 5 heteroatoms. The fourth-order valence-electron chi connectivity index (χ4n) is 0.700. The molecule has 0 heterocycles. The third kappa shape index (κ3) is 1.92. The highest BCUT2D eigenvalue weighted by Gasteiger charge is 2.12. The van der Waals surface area contributed by atoms with Gasteiger partial charge in [0, 0.05) is 6.07 Å². The molecular formula is C7H4Cl3IO. The van der Waals surface area contributed by atoms with Gasteiger partial charge in [-0.25, -0.2) is 0 Å². The van der Waals surface area contributed by atoms with Crippen LogP contribution in [0.4, 0.5) is 0 Å². The Hall–Kier alpha value is 0.620. The Bertz CT molecular complexity index is 314. The highest BCUT2D eigenvalue weighted by Crippen LogP contribution is 2.39. The first-order chi connectivity index (χ1) is 5.57. The molecule has 0 radical (unpaired) electrons. The number of hydrogen-bond donors (Lipinski definition) is 0. The van der Waals surface area contributed by atoms with E-state index in [4.69, 9.17) is 39.5 Å². The molecule has 0 N–H and O–H groups in total. The highest BCUT2D eigenvalue weighted by atomic mass is 127. The third-order valence-electron chi connectivity index (χ3n) is 1.29. The van der Waals surface area contributed by atoms with Crippen molar-refractivity contribution in [1.29, 1.82) is 0 Å². The topological polar surface area (TPSA) is 9.23 Å². The van der Waals surface area contributed by atoms with Crippen LogP contribution in [0.5, 0.6) is 5.75 Å². The maximum atomic E-state index is 5.86. The van der Waals surface area contributed by atoms with Crippen LogP contribution in [0.2, 0.25) is 15.1 Å². The maximum Gasteiger partial charge on any atom is 0.140 e.